The summed E-state index contributed by atoms with van der Waals surface area (Å²) in [5.74, 6) is -0.882. The molecule has 0 atom stereocenters. The summed E-state index contributed by atoms with van der Waals surface area (Å²) in [7, 11) is 0. The number of H-pyrrole nitrogens is 1. The fraction of sp³-hybridized carbons (Fsp3) is 0. The van der Waals surface area contributed by atoms with Gasteiger partial charge < -0.3 is 15.8 Å². The Hall–Kier alpha value is -3.15. The number of carboxylic acids is 1. The molecule has 3 aromatic rings. The predicted molar refractivity (Wildman–Crippen MR) is 78.6 cm³/mol. The first kappa shape index (κ1) is 12.9. The Balaban J connectivity index is 2.16. The number of anilines is 1. The van der Waals surface area contributed by atoms with Crippen LogP contribution in [0.25, 0.3) is 22.4 Å². The second kappa shape index (κ2) is 5.09. The Bertz CT molecular complexity index is 796. The third kappa shape index (κ3) is 2.46. The molecular formula is C15H12N4O2. The van der Waals surface area contributed by atoms with E-state index < -0.39 is 5.97 Å². The molecule has 0 spiro atoms. The number of aromatic amines is 1. The molecule has 0 saturated heterocycles. The second-order valence-corrected chi connectivity index (χ2v) is 4.46. The van der Waals surface area contributed by atoms with Crippen molar-refractivity contribution in [3.05, 3.63) is 54.5 Å². The maximum absolute atomic E-state index is 11.0. The van der Waals surface area contributed by atoms with Crippen LogP contribution in [0.3, 0.4) is 0 Å². The first-order valence-corrected chi connectivity index (χ1v) is 6.25. The molecule has 0 bridgehead atoms. The summed E-state index contributed by atoms with van der Waals surface area (Å²) >= 11 is 0. The maximum atomic E-state index is 11.0. The highest BCUT2D eigenvalue weighted by molar-refractivity contribution is 5.89. The van der Waals surface area contributed by atoms with Crippen molar-refractivity contribution >= 4 is 11.9 Å². The predicted octanol–water partition coefficient (Wildman–Crippen LogP) is 2.42. The van der Waals surface area contributed by atoms with Crippen LogP contribution in [-0.2, 0) is 0 Å². The summed E-state index contributed by atoms with van der Waals surface area (Å²) in [6, 6.07) is 11.1. The molecule has 1 aromatic carbocycles. The number of carboxylic acid groups (broad SMARTS) is 1. The van der Waals surface area contributed by atoms with Gasteiger partial charge >= 0.3 is 5.97 Å². The quantitative estimate of drug-likeness (QED) is 0.683. The van der Waals surface area contributed by atoms with E-state index in [1.807, 2.05) is 30.3 Å². The van der Waals surface area contributed by atoms with Crippen molar-refractivity contribution in [2.24, 2.45) is 0 Å². The van der Waals surface area contributed by atoms with Gasteiger partial charge in [-0.3, -0.25) is 0 Å². The van der Waals surface area contributed by atoms with Crippen LogP contribution in [0.2, 0.25) is 0 Å². The number of hydrogen-bond donors (Lipinski definition) is 3. The number of nitrogens with one attached hydrogen (secondary N) is 1. The van der Waals surface area contributed by atoms with Crippen molar-refractivity contribution in [2.75, 3.05) is 5.73 Å². The largest absolute Gasteiger partial charge is 0.477 e. The molecule has 0 radical (unpaired) electrons. The Labute approximate surface area is 120 Å². The van der Waals surface area contributed by atoms with Crippen LogP contribution in [0.5, 0.6) is 0 Å². The van der Waals surface area contributed by atoms with Gasteiger partial charge in [-0.05, 0) is 11.6 Å². The summed E-state index contributed by atoms with van der Waals surface area (Å²) in [4.78, 5) is 21.9. The zero-order valence-corrected chi connectivity index (χ0v) is 10.9. The first-order valence-electron chi connectivity index (χ1n) is 6.25. The van der Waals surface area contributed by atoms with E-state index in [2.05, 4.69) is 15.0 Å². The zero-order chi connectivity index (χ0) is 14.8. The molecular weight excluding hydrogens is 268 g/mol. The third-order valence-corrected chi connectivity index (χ3v) is 3.08. The van der Waals surface area contributed by atoms with E-state index in [1.54, 1.807) is 12.4 Å². The number of rotatable bonds is 3. The van der Waals surface area contributed by atoms with Gasteiger partial charge in [0.15, 0.2) is 0 Å². The Kier molecular flexibility index (Phi) is 3.12. The number of aromatic nitrogens is 3. The summed E-state index contributed by atoms with van der Waals surface area (Å²) in [5, 5.41) is 9.00. The number of benzene rings is 1. The molecule has 3 rings (SSSR count). The number of nitrogen functional groups attached to an aromatic ring is 1. The molecule has 0 saturated carbocycles. The second-order valence-electron chi connectivity index (χ2n) is 4.46. The van der Waals surface area contributed by atoms with Crippen LogP contribution >= 0.6 is 0 Å². The fourth-order valence-electron chi connectivity index (χ4n) is 2.10. The number of aromatic carboxylic acids is 1. The number of nitrogens with zero attached hydrogens (tertiary/aromatic N) is 2. The van der Waals surface area contributed by atoms with Crippen LogP contribution in [0.1, 0.15) is 10.5 Å². The van der Waals surface area contributed by atoms with Gasteiger partial charge in [-0.2, -0.15) is 0 Å². The molecule has 4 N–H and O–H groups in total. The monoisotopic (exact) mass is 280 g/mol. The number of hydrogen-bond acceptors (Lipinski definition) is 4. The molecule has 0 amide bonds. The lowest BCUT2D eigenvalue weighted by Crippen LogP contribution is -1.98. The van der Waals surface area contributed by atoms with Gasteiger partial charge in [0.2, 0.25) is 5.95 Å². The minimum absolute atomic E-state index is 0.0983. The van der Waals surface area contributed by atoms with Crippen LogP contribution in [0.4, 0.5) is 5.95 Å². The number of nitrogens with two attached hydrogens (primary N) is 1. The normalized spacial score (nSPS) is 10.5. The van der Waals surface area contributed by atoms with Gasteiger partial charge in [0.25, 0.3) is 0 Å². The summed E-state index contributed by atoms with van der Waals surface area (Å²) in [6.45, 7) is 0. The molecule has 6 heteroatoms. The molecule has 6 nitrogen and oxygen atoms in total. The third-order valence-electron chi connectivity index (χ3n) is 3.08. The Morgan fingerprint density at radius 2 is 1.95 bits per heavy atom. The molecule has 0 fully saturated rings. The van der Waals surface area contributed by atoms with Gasteiger partial charge in [0, 0.05) is 23.5 Å². The minimum atomic E-state index is -1.02. The summed E-state index contributed by atoms with van der Waals surface area (Å²) in [6.07, 6.45) is 3.23. The highest BCUT2D eigenvalue weighted by Crippen LogP contribution is 2.30. The van der Waals surface area contributed by atoms with E-state index in [4.69, 9.17) is 10.8 Å². The lowest BCUT2D eigenvalue weighted by Gasteiger charge is -2.07. The van der Waals surface area contributed by atoms with Gasteiger partial charge in [0.1, 0.15) is 5.69 Å². The van der Waals surface area contributed by atoms with Crippen molar-refractivity contribution in [1.82, 2.24) is 15.0 Å². The standard InChI is InChI=1S/C15H12N4O2/c16-15-18-8-11(9-4-2-1-3-5-9)13(19-15)10-6-12(14(20)21)17-7-10/h1-8,17H,(H,20,21)(H2,16,18,19). The smallest absolute Gasteiger partial charge is 0.352 e. The van der Waals surface area contributed by atoms with Crippen molar-refractivity contribution in [2.45, 2.75) is 0 Å². The van der Waals surface area contributed by atoms with Crippen molar-refractivity contribution < 1.29 is 9.90 Å². The topological polar surface area (TPSA) is 105 Å². The van der Waals surface area contributed by atoms with Gasteiger partial charge in [-0.1, -0.05) is 30.3 Å². The van der Waals surface area contributed by atoms with E-state index in [0.29, 0.717) is 11.3 Å². The van der Waals surface area contributed by atoms with Crippen molar-refractivity contribution in [3.8, 4) is 22.4 Å². The van der Waals surface area contributed by atoms with E-state index in [1.165, 1.54) is 6.07 Å². The van der Waals surface area contributed by atoms with Gasteiger partial charge in [-0.25, -0.2) is 14.8 Å². The lowest BCUT2D eigenvalue weighted by atomic mass is 10.0. The van der Waals surface area contributed by atoms with Gasteiger partial charge in [-0.15, -0.1) is 0 Å². The van der Waals surface area contributed by atoms with E-state index in [0.717, 1.165) is 11.1 Å². The Morgan fingerprint density at radius 1 is 1.19 bits per heavy atom. The van der Waals surface area contributed by atoms with Crippen LogP contribution in [0, 0.1) is 0 Å². The van der Waals surface area contributed by atoms with E-state index in [9.17, 15) is 4.79 Å². The molecule has 104 valence electrons. The summed E-state index contributed by atoms with van der Waals surface area (Å²) < 4.78 is 0. The molecule has 2 heterocycles. The lowest BCUT2D eigenvalue weighted by molar-refractivity contribution is 0.0691. The fourth-order valence-corrected chi connectivity index (χ4v) is 2.10. The molecule has 2 aromatic heterocycles. The van der Waals surface area contributed by atoms with E-state index in [-0.39, 0.29) is 11.6 Å². The highest BCUT2D eigenvalue weighted by atomic mass is 16.4. The minimum Gasteiger partial charge on any atom is -0.477 e. The highest BCUT2D eigenvalue weighted by Gasteiger charge is 2.14. The molecule has 0 aliphatic carbocycles. The molecule has 0 aliphatic heterocycles. The summed E-state index contributed by atoms with van der Waals surface area (Å²) in [5.41, 5.74) is 8.74. The average Bonchev–Trinajstić information content (AvgIpc) is 2.98. The van der Waals surface area contributed by atoms with Crippen molar-refractivity contribution in [1.29, 1.82) is 0 Å². The molecule has 0 aliphatic rings. The molecule has 21 heavy (non-hydrogen) atoms. The zero-order valence-electron chi connectivity index (χ0n) is 10.9. The van der Waals surface area contributed by atoms with Crippen LogP contribution in [0.15, 0.2) is 48.8 Å². The average molecular weight is 280 g/mol. The Morgan fingerprint density at radius 3 is 2.62 bits per heavy atom. The van der Waals surface area contributed by atoms with E-state index >= 15 is 0 Å². The SMILES string of the molecule is Nc1ncc(-c2ccccc2)c(-c2c[nH]c(C(=O)O)c2)n1. The maximum Gasteiger partial charge on any atom is 0.352 e. The van der Waals surface area contributed by atoms with Gasteiger partial charge in [0.05, 0.1) is 5.69 Å². The first-order chi connectivity index (χ1) is 10.1. The van der Waals surface area contributed by atoms with Crippen LogP contribution in [-0.4, -0.2) is 26.0 Å². The number of carbonyl (C=O) groups is 1. The molecule has 0 unspecified atom stereocenters. The van der Waals surface area contributed by atoms with Crippen molar-refractivity contribution in [3.63, 3.8) is 0 Å². The van der Waals surface area contributed by atoms with Crippen LogP contribution < -0.4 is 5.73 Å².